The first-order valence-electron chi connectivity index (χ1n) is 12.0. The summed E-state index contributed by atoms with van der Waals surface area (Å²) in [4.78, 5) is 24.7. The van der Waals surface area contributed by atoms with Gasteiger partial charge >= 0.3 is 6.03 Å². The summed E-state index contributed by atoms with van der Waals surface area (Å²) in [5.74, 6) is 1.03. The van der Waals surface area contributed by atoms with Crippen molar-refractivity contribution >= 4 is 44.7 Å². The predicted molar refractivity (Wildman–Crippen MR) is 144 cm³/mol. The van der Waals surface area contributed by atoms with Crippen LogP contribution in [0.3, 0.4) is 0 Å². The van der Waals surface area contributed by atoms with Crippen molar-refractivity contribution in [3.63, 3.8) is 0 Å². The van der Waals surface area contributed by atoms with Gasteiger partial charge in [-0.1, -0.05) is 31.4 Å². The quantitative estimate of drug-likeness (QED) is 0.450. The van der Waals surface area contributed by atoms with Gasteiger partial charge in [-0.2, -0.15) is 4.98 Å². The van der Waals surface area contributed by atoms with Crippen molar-refractivity contribution in [1.82, 2.24) is 9.97 Å². The number of primary amides is 1. The van der Waals surface area contributed by atoms with E-state index in [-0.39, 0.29) is 11.8 Å². The Kier molecular flexibility index (Phi) is 7.73. The number of carbonyl (C=O) groups excluding carboxylic acids is 1. The van der Waals surface area contributed by atoms with Crippen molar-refractivity contribution in [2.24, 2.45) is 5.73 Å². The van der Waals surface area contributed by atoms with Crippen LogP contribution < -0.4 is 20.9 Å². The molecule has 3 aromatic rings. The number of aromatic nitrogens is 2. The molecule has 1 aliphatic carbocycles. The molecule has 3 N–H and O–H groups in total. The van der Waals surface area contributed by atoms with Crippen LogP contribution in [0.25, 0.3) is 0 Å². The van der Waals surface area contributed by atoms with Crippen molar-refractivity contribution in [1.29, 1.82) is 0 Å². The van der Waals surface area contributed by atoms with E-state index in [0.29, 0.717) is 23.0 Å². The zero-order chi connectivity index (χ0) is 25.7. The lowest BCUT2D eigenvalue weighted by Crippen LogP contribution is -2.44. The molecule has 0 bridgehead atoms. The molecule has 10 heteroatoms. The first-order chi connectivity index (χ1) is 17.2. The molecular weight excluding hydrogens is 476 g/mol. The van der Waals surface area contributed by atoms with E-state index in [1.165, 1.54) is 12.7 Å². The monoisotopic (exact) mass is 508 g/mol. The van der Waals surface area contributed by atoms with Crippen LogP contribution in [0.5, 0.6) is 0 Å². The molecule has 0 aliphatic heterocycles. The average Bonchev–Trinajstić information content (AvgIpc) is 2.84. The van der Waals surface area contributed by atoms with Gasteiger partial charge in [0.05, 0.1) is 5.75 Å². The summed E-state index contributed by atoms with van der Waals surface area (Å²) in [5, 5.41) is 3.15. The van der Waals surface area contributed by atoms with Crippen LogP contribution in [0.15, 0.2) is 60.8 Å². The van der Waals surface area contributed by atoms with Crippen molar-refractivity contribution < 1.29 is 13.2 Å². The summed E-state index contributed by atoms with van der Waals surface area (Å²) in [5.41, 5.74) is 8.81. The van der Waals surface area contributed by atoms with Crippen LogP contribution in [-0.2, 0) is 15.6 Å². The third-order valence-corrected chi connectivity index (χ3v) is 7.15. The summed E-state index contributed by atoms with van der Waals surface area (Å²) in [6, 6.07) is 16.4. The first-order valence-corrected chi connectivity index (χ1v) is 14.0. The van der Waals surface area contributed by atoms with Gasteiger partial charge in [-0.3, -0.25) is 4.90 Å². The maximum absolute atomic E-state index is 12.2. The third-order valence-electron chi connectivity index (χ3n) is 6.29. The van der Waals surface area contributed by atoms with Gasteiger partial charge in [-0.15, -0.1) is 0 Å². The second-order valence-electron chi connectivity index (χ2n) is 9.21. The molecular formula is C26H32N6O3S. The highest BCUT2D eigenvalue weighted by Crippen LogP contribution is 2.30. The predicted octanol–water partition coefficient (Wildman–Crippen LogP) is 4.75. The van der Waals surface area contributed by atoms with Crippen LogP contribution in [-0.4, -0.2) is 43.8 Å². The molecule has 1 aliphatic rings. The molecule has 2 amide bonds. The van der Waals surface area contributed by atoms with Gasteiger partial charge in [0.1, 0.15) is 5.82 Å². The smallest absolute Gasteiger partial charge is 0.319 e. The third kappa shape index (κ3) is 6.51. The SMILES string of the molecule is CN(c1ccc(N(C(N)=O)C2CCCCC2)cc1)c1ccnc(Nc2cccc(CS(C)(=O)=O)c2)n1. The summed E-state index contributed by atoms with van der Waals surface area (Å²) < 4.78 is 23.2. The normalized spacial score (nSPS) is 14.3. The summed E-state index contributed by atoms with van der Waals surface area (Å²) in [6.45, 7) is 0. The summed E-state index contributed by atoms with van der Waals surface area (Å²) >= 11 is 0. The van der Waals surface area contributed by atoms with Gasteiger partial charge in [0.15, 0.2) is 9.84 Å². The van der Waals surface area contributed by atoms with E-state index in [1.54, 1.807) is 35.4 Å². The number of amides is 2. The lowest BCUT2D eigenvalue weighted by atomic mass is 9.94. The second-order valence-corrected chi connectivity index (χ2v) is 11.3. The Hall–Kier alpha value is -3.66. The Balaban J connectivity index is 1.49. The molecule has 1 aromatic heterocycles. The minimum atomic E-state index is -3.13. The van der Waals surface area contributed by atoms with E-state index in [1.807, 2.05) is 42.3 Å². The number of benzene rings is 2. The number of nitrogens with two attached hydrogens (primary N) is 1. The second kappa shape index (κ2) is 10.9. The fraction of sp³-hybridized carbons (Fsp3) is 0.346. The molecule has 9 nitrogen and oxygen atoms in total. The molecule has 1 saturated carbocycles. The van der Waals surface area contributed by atoms with E-state index in [4.69, 9.17) is 5.73 Å². The minimum Gasteiger partial charge on any atom is -0.351 e. The molecule has 0 radical (unpaired) electrons. The van der Waals surface area contributed by atoms with E-state index < -0.39 is 15.9 Å². The fourth-order valence-corrected chi connectivity index (χ4v) is 5.38. The summed E-state index contributed by atoms with van der Waals surface area (Å²) in [7, 11) is -1.23. The molecule has 190 valence electrons. The number of nitrogens with zero attached hydrogens (tertiary/aromatic N) is 4. The molecule has 2 aromatic carbocycles. The van der Waals surface area contributed by atoms with Crippen LogP contribution >= 0.6 is 0 Å². The zero-order valence-corrected chi connectivity index (χ0v) is 21.4. The Morgan fingerprint density at radius 2 is 1.75 bits per heavy atom. The summed E-state index contributed by atoms with van der Waals surface area (Å²) in [6.07, 6.45) is 8.24. The minimum absolute atomic E-state index is 0.0317. The molecule has 36 heavy (non-hydrogen) atoms. The van der Waals surface area contributed by atoms with Gasteiger partial charge < -0.3 is 16.0 Å². The standard InChI is InChI=1S/C26H32N6O3S/c1-31(21-11-13-23(14-12-21)32(25(27)33)22-9-4-3-5-10-22)24-15-16-28-26(30-24)29-20-8-6-7-19(17-20)18-36(2,34)35/h6-8,11-17,22H,3-5,9-10,18H2,1-2H3,(H2,27,33)(H,28,29,30). The number of sulfone groups is 1. The topological polar surface area (TPSA) is 122 Å². The lowest BCUT2D eigenvalue weighted by molar-refractivity contribution is 0.249. The molecule has 1 heterocycles. The maximum atomic E-state index is 12.2. The number of hydrogen-bond acceptors (Lipinski definition) is 7. The Morgan fingerprint density at radius 3 is 2.42 bits per heavy atom. The highest BCUT2D eigenvalue weighted by atomic mass is 32.2. The molecule has 1 fully saturated rings. The van der Waals surface area contributed by atoms with Crippen molar-refractivity contribution in [2.75, 3.05) is 28.4 Å². The molecule has 0 saturated heterocycles. The number of hydrogen-bond donors (Lipinski definition) is 2. The molecule has 0 unspecified atom stereocenters. The van der Waals surface area contributed by atoms with Crippen LogP contribution in [0.2, 0.25) is 0 Å². The van der Waals surface area contributed by atoms with Gasteiger partial charge in [0, 0.05) is 42.6 Å². The van der Waals surface area contributed by atoms with Crippen molar-refractivity contribution in [2.45, 2.75) is 43.9 Å². The Labute approximate surface area is 212 Å². The van der Waals surface area contributed by atoms with Crippen molar-refractivity contribution in [3.8, 4) is 0 Å². The Bertz CT molecular complexity index is 1310. The van der Waals surface area contributed by atoms with Gasteiger partial charge in [0.2, 0.25) is 5.95 Å². The van der Waals surface area contributed by atoms with Gasteiger partial charge in [-0.05, 0) is 60.9 Å². The fourth-order valence-electron chi connectivity index (χ4n) is 4.59. The number of rotatable bonds is 8. The average molecular weight is 509 g/mol. The van der Waals surface area contributed by atoms with E-state index in [0.717, 1.165) is 37.1 Å². The number of nitrogens with one attached hydrogen (secondary N) is 1. The maximum Gasteiger partial charge on any atom is 0.319 e. The molecule has 0 spiro atoms. The first kappa shape index (κ1) is 25.4. The van der Waals surface area contributed by atoms with Gasteiger partial charge in [0.25, 0.3) is 0 Å². The van der Waals surface area contributed by atoms with E-state index in [2.05, 4.69) is 15.3 Å². The molecule has 0 atom stereocenters. The highest BCUT2D eigenvalue weighted by molar-refractivity contribution is 7.89. The van der Waals surface area contributed by atoms with E-state index in [9.17, 15) is 13.2 Å². The lowest BCUT2D eigenvalue weighted by Gasteiger charge is -2.33. The molecule has 4 rings (SSSR count). The van der Waals surface area contributed by atoms with Crippen molar-refractivity contribution in [3.05, 3.63) is 66.4 Å². The highest BCUT2D eigenvalue weighted by Gasteiger charge is 2.25. The van der Waals surface area contributed by atoms with Crippen LogP contribution in [0.4, 0.5) is 33.6 Å². The number of urea groups is 1. The zero-order valence-electron chi connectivity index (χ0n) is 20.6. The largest absolute Gasteiger partial charge is 0.351 e. The van der Waals surface area contributed by atoms with Gasteiger partial charge in [-0.25, -0.2) is 18.2 Å². The number of anilines is 5. The van der Waals surface area contributed by atoms with Crippen LogP contribution in [0.1, 0.15) is 37.7 Å². The van der Waals surface area contributed by atoms with E-state index >= 15 is 0 Å². The number of carbonyl (C=O) groups is 1. The van der Waals surface area contributed by atoms with Crippen LogP contribution in [0, 0.1) is 0 Å². The Morgan fingerprint density at radius 1 is 1.06 bits per heavy atom.